The van der Waals surface area contributed by atoms with E-state index in [0.29, 0.717) is 21.2 Å². The second-order valence-electron chi connectivity index (χ2n) is 9.42. The number of ether oxygens (including phenoxy) is 2. The molecule has 194 valence electrons. The van der Waals surface area contributed by atoms with E-state index in [9.17, 15) is 10.5 Å². The molecule has 0 aliphatic heterocycles. The summed E-state index contributed by atoms with van der Waals surface area (Å²) >= 11 is 2.96. The summed E-state index contributed by atoms with van der Waals surface area (Å²) in [6.07, 6.45) is 0. The van der Waals surface area contributed by atoms with Crippen molar-refractivity contribution in [1.29, 1.82) is 10.5 Å². The predicted molar refractivity (Wildman–Crippen MR) is 165 cm³/mol. The number of thiazole rings is 2. The highest BCUT2D eigenvalue weighted by molar-refractivity contribution is 7.20. The Labute approximate surface area is 239 Å². The molecule has 0 atom stereocenters. The molecule has 8 nitrogen and oxygen atoms in total. The minimum atomic E-state index is 0.492. The van der Waals surface area contributed by atoms with Gasteiger partial charge in [-0.3, -0.25) is 0 Å². The summed E-state index contributed by atoms with van der Waals surface area (Å²) in [6.45, 7) is 4.04. The third-order valence-electron chi connectivity index (χ3n) is 7.44. The van der Waals surface area contributed by atoms with E-state index in [-0.39, 0.29) is 0 Å². The standard InChI is InChI=1S/C28H22B2N6O2S2/c1-13-23-24(26(35(13)29)18(12-32)28-34-20-10-16(38-4)6-8-22(20)40-28)14(2)36(30)25(23)17(11-31)27-33-19-9-15(37-3)5-7-21(19)39-27/h5-10H,29-30H2,1-4H3/b25-17-,26-18-. The van der Waals surface area contributed by atoms with Gasteiger partial charge in [-0.1, -0.05) is 0 Å². The summed E-state index contributed by atoms with van der Waals surface area (Å²) in [4.78, 5) is 9.61. The molecule has 12 heteroatoms. The van der Waals surface area contributed by atoms with Gasteiger partial charge in [0.15, 0.2) is 0 Å². The van der Waals surface area contributed by atoms with Gasteiger partial charge >= 0.3 is 0 Å². The SMILES string of the molecule is Bn1c(C)c2/c(=C(\C#N)c3nc4cc(OC)ccc4s3)n(B)c(C)c2/c1=C(\C#N)c1nc2cc(OC)ccc2s1. The maximum Gasteiger partial charge on any atom is 0.223 e. The number of hydrogen-bond donors (Lipinski definition) is 0. The molecule has 40 heavy (non-hydrogen) atoms. The topological polar surface area (TPSA) is 102 Å². The van der Waals surface area contributed by atoms with Gasteiger partial charge in [0.2, 0.25) is 16.0 Å². The Hall–Kier alpha value is -4.51. The number of rotatable bonds is 4. The number of nitrogens with zero attached hydrogens (tertiary/aromatic N) is 6. The van der Waals surface area contributed by atoms with Crippen LogP contribution in [0.5, 0.6) is 11.5 Å². The zero-order valence-electron chi connectivity index (χ0n) is 22.8. The van der Waals surface area contributed by atoms with Crippen molar-refractivity contribution in [2.75, 3.05) is 14.2 Å². The van der Waals surface area contributed by atoms with Crippen molar-refractivity contribution in [3.63, 3.8) is 0 Å². The maximum absolute atomic E-state index is 10.4. The fraction of sp³-hybridized carbons (Fsp3) is 0.143. The highest BCUT2D eigenvalue weighted by Crippen LogP contribution is 2.31. The number of aromatic nitrogens is 4. The van der Waals surface area contributed by atoms with E-state index < -0.39 is 0 Å². The minimum absolute atomic E-state index is 0.492. The van der Waals surface area contributed by atoms with Crippen molar-refractivity contribution in [1.82, 2.24) is 18.9 Å². The van der Waals surface area contributed by atoms with Crippen molar-refractivity contribution in [2.45, 2.75) is 13.8 Å². The van der Waals surface area contributed by atoms with Crippen LogP contribution in [-0.4, -0.2) is 49.1 Å². The summed E-state index contributed by atoms with van der Waals surface area (Å²) < 4.78 is 16.7. The molecule has 0 N–H and O–H groups in total. The highest BCUT2D eigenvalue weighted by Gasteiger charge is 2.23. The Morgan fingerprint density at radius 2 is 1.15 bits per heavy atom. The number of aryl methyl sites for hydroxylation is 2. The van der Waals surface area contributed by atoms with Gasteiger partial charge in [0.05, 0.1) is 45.4 Å². The van der Waals surface area contributed by atoms with Crippen molar-refractivity contribution in [3.05, 3.63) is 68.5 Å². The van der Waals surface area contributed by atoms with Crippen molar-refractivity contribution < 1.29 is 9.47 Å². The lowest BCUT2D eigenvalue weighted by molar-refractivity contribution is 0.415. The molecule has 0 saturated carbocycles. The van der Waals surface area contributed by atoms with Gasteiger partial charge in [-0.25, -0.2) is 9.97 Å². The van der Waals surface area contributed by atoms with Crippen LogP contribution in [0.25, 0.3) is 42.4 Å². The lowest BCUT2D eigenvalue weighted by Gasteiger charge is -2.05. The quantitative estimate of drug-likeness (QED) is 0.308. The lowest BCUT2D eigenvalue weighted by atomic mass is 10.1. The first-order valence-corrected chi connectivity index (χ1v) is 14.0. The van der Waals surface area contributed by atoms with Crippen LogP contribution in [0.3, 0.4) is 0 Å². The first-order valence-electron chi connectivity index (χ1n) is 12.4. The van der Waals surface area contributed by atoms with Crippen molar-refractivity contribution in [2.24, 2.45) is 0 Å². The maximum atomic E-state index is 10.4. The first kappa shape index (κ1) is 25.8. The van der Waals surface area contributed by atoms with Gasteiger partial charge < -0.3 is 18.4 Å². The molecule has 2 aromatic carbocycles. The molecule has 0 unspecified atom stereocenters. The molecule has 0 radical (unpaired) electrons. The molecule has 4 heterocycles. The van der Waals surface area contributed by atoms with Gasteiger partial charge in [-0.05, 0) is 38.1 Å². The molecular weight excluding hydrogens is 538 g/mol. The molecule has 0 aliphatic rings. The zero-order chi connectivity index (χ0) is 28.3. The van der Waals surface area contributed by atoms with Gasteiger partial charge in [0.1, 0.15) is 44.8 Å². The van der Waals surface area contributed by atoms with E-state index in [4.69, 9.17) is 19.4 Å². The average molecular weight is 560 g/mol. The van der Waals surface area contributed by atoms with Crippen LogP contribution in [0.4, 0.5) is 0 Å². The molecule has 6 aromatic rings. The zero-order valence-corrected chi connectivity index (χ0v) is 24.4. The van der Waals surface area contributed by atoms with E-state index in [1.54, 1.807) is 14.2 Å². The molecular formula is C28H22B2N6O2S2. The molecule has 0 saturated heterocycles. The van der Waals surface area contributed by atoms with Gasteiger partial charge in [0, 0.05) is 34.3 Å². The third-order valence-corrected chi connectivity index (χ3v) is 9.55. The second-order valence-corrected chi connectivity index (χ2v) is 11.5. The fourth-order valence-corrected chi connectivity index (χ4v) is 7.10. The third kappa shape index (κ3) is 3.72. The van der Waals surface area contributed by atoms with Gasteiger partial charge in [0.25, 0.3) is 0 Å². The Bertz CT molecular complexity index is 2070. The monoisotopic (exact) mass is 560 g/mol. The smallest absolute Gasteiger partial charge is 0.223 e. The van der Waals surface area contributed by atoms with Gasteiger partial charge in [-0.2, -0.15) is 10.5 Å². The van der Waals surface area contributed by atoms with Crippen LogP contribution in [-0.2, 0) is 0 Å². The van der Waals surface area contributed by atoms with E-state index in [1.807, 2.05) is 75.2 Å². The summed E-state index contributed by atoms with van der Waals surface area (Å²) in [6, 6.07) is 16.4. The summed E-state index contributed by atoms with van der Waals surface area (Å²) in [5, 5.41) is 25.6. The highest BCUT2D eigenvalue weighted by atomic mass is 32.1. The van der Waals surface area contributed by atoms with Crippen LogP contribution in [0.15, 0.2) is 36.4 Å². The van der Waals surface area contributed by atoms with Crippen LogP contribution in [0, 0.1) is 36.5 Å². The number of benzene rings is 2. The normalized spacial score (nSPS) is 12.9. The molecule has 4 aromatic heterocycles. The summed E-state index contributed by atoms with van der Waals surface area (Å²) in [7, 11) is 7.16. The van der Waals surface area contributed by atoms with E-state index >= 15 is 0 Å². The average Bonchev–Trinajstić information content (AvgIpc) is 3.70. The molecule has 0 fully saturated rings. The first-order chi connectivity index (χ1) is 19.3. The van der Waals surface area contributed by atoms with Crippen molar-refractivity contribution >= 4 is 81.0 Å². The van der Waals surface area contributed by atoms with Crippen LogP contribution in [0.1, 0.15) is 21.4 Å². The van der Waals surface area contributed by atoms with E-state index in [2.05, 4.69) is 12.1 Å². The summed E-state index contributed by atoms with van der Waals surface area (Å²) in [5.74, 6) is 1.44. The second kappa shape index (κ2) is 9.60. The van der Waals surface area contributed by atoms with E-state index in [1.165, 1.54) is 22.7 Å². The fourth-order valence-electron chi connectivity index (χ4n) is 5.22. The molecule has 0 amide bonds. The largest absolute Gasteiger partial charge is 0.497 e. The Balaban J connectivity index is 1.71. The minimum Gasteiger partial charge on any atom is -0.497 e. The number of fused-ring (bicyclic) bond motifs is 3. The molecule has 0 aliphatic carbocycles. The Morgan fingerprint density at radius 1 is 0.750 bits per heavy atom. The van der Waals surface area contributed by atoms with Crippen molar-refractivity contribution in [3.8, 4) is 23.6 Å². The Morgan fingerprint density at radius 3 is 1.50 bits per heavy atom. The molecule has 0 spiro atoms. The number of hydrogen-bond acceptors (Lipinski definition) is 8. The lowest BCUT2D eigenvalue weighted by Crippen LogP contribution is -2.23. The van der Waals surface area contributed by atoms with Crippen LogP contribution in [0.2, 0.25) is 0 Å². The van der Waals surface area contributed by atoms with Gasteiger partial charge in [-0.15, -0.1) is 22.7 Å². The van der Waals surface area contributed by atoms with Crippen LogP contribution < -0.4 is 20.2 Å². The molecule has 0 bridgehead atoms. The van der Waals surface area contributed by atoms with E-state index in [0.717, 1.165) is 64.8 Å². The number of nitriles is 2. The summed E-state index contributed by atoms with van der Waals surface area (Å²) in [5.41, 5.74) is 4.46. The Kier molecular flexibility index (Phi) is 6.18. The predicted octanol–water partition coefficient (Wildman–Crippen LogP) is 2.53. The van der Waals surface area contributed by atoms with Crippen LogP contribution >= 0.6 is 22.7 Å². The molecule has 6 rings (SSSR count). The number of methoxy groups -OCH3 is 2.